The zero-order valence-electron chi connectivity index (χ0n) is 10.4. The number of nitrogens with zero attached hydrogens (tertiary/aromatic N) is 3. The van der Waals surface area contributed by atoms with Crippen LogP contribution >= 0.6 is 0 Å². The van der Waals surface area contributed by atoms with Crippen molar-refractivity contribution in [2.45, 2.75) is 12.5 Å². The van der Waals surface area contributed by atoms with E-state index < -0.39 is 0 Å². The van der Waals surface area contributed by atoms with Crippen LogP contribution in [0.2, 0.25) is 0 Å². The van der Waals surface area contributed by atoms with Gasteiger partial charge in [0.15, 0.2) is 0 Å². The number of aromatic nitrogens is 1. The monoisotopic (exact) mass is 251 g/mol. The van der Waals surface area contributed by atoms with Crippen molar-refractivity contribution in [3.05, 3.63) is 24.1 Å². The van der Waals surface area contributed by atoms with Gasteiger partial charge in [-0.1, -0.05) is 0 Å². The second-order valence-electron chi connectivity index (χ2n) is 4.87. The first-order valence-electron chi connectivity index (χ1n) is 6.51. The van der Waals surface area contributed by atoms with E-state index in [0.717, 1.165) is 51.6 Å². The van der Waals surface area contributed by atoms with Crippen LogP contribution in [-0.2, 0) is 4.74 Å². The normalized spacial score (nSPS) is 25.6. The number of morpholine rings is 1. The molecule has 3 rings (SSSR count). The summed E-state index contributed by atoms with van der Waals surface area (Å²) in [5.74, 6) is 0.542. The molecule has 2 aliphatic rings. The number of halogens is 1. The average molecular weight is 251 g/mol. The van der Waals surface area contributed by atoms with Gasteiger partial charge in [0.25, 0.3) is 0 Å². The number of pyridine rings is 1. The summed E-state index contributed by atoms with van der Waals surface area (Å²) in [6.07, 6.45) is 2.66. The van der Waals surface area contributed by atoms with E-state index in [0.29, 0.717) is 6.04 Å². The van der Waals surface area contributed by atoms with Gasteiger partial charge in [0.1, 0.15) is 11.6 Å². The van der Waals surface area contributed by atoms with Gasteiger partial charge in [0, 0.05) is 44.5 Å². The van der Waals surface area contributed by atoms with Crippen LogP contribution in [0.4, 0.5) is 10.2 Å². The number of anilines is 1. The van der Waals surface area contributed by atoms with Gasteiger partial charge in [-0.3, -0.25) is 4.90 Å². The summed E-state index contributed by atoms with van der Waals surface area (Å²) in [5.41, 5.74) is 0. The maximum atomic E-state index is 13.2. The van der Waals surface area contributed by atoms with E-state index in [-0.39, 0.29) is 5.82 Å². The molecule has 1 aromatic heterocycles. The fourth-order valence-corrected chi connectivity index (χ4v) is 2.76. The highest BCUT2D eigenvalue weighted by Gasteiger charge is 2.29. The van der Waals surface area contributed by atoms with Crippen LogP contribution in [0, 0.1) is 5.82 Å². The van der Waals surface area contributed by atoms with Crippen molar-refractivity contribution < 1.29 is 9.13 Å². The Hall–Kier alpha value is -1.20. The second kappa shape index (κ2) is 5.20. The molecule has 1 aromatic rings. The topological polar surface area (TPSA) is 28.6 Å². The molecule has 18 heavy (non-hydrogen) atoms. The molecule has 0 aliphatic carbocycles. The highest BCUT2D eigenvalue weighted by molar-refractivity contribution is 5.40. The Labute approximate surface area is 106 Å². The molecule has 0 aromatic carbocycles. The third-order valence-corrected chi connectivity index (χ3v) is 3.76. The van der Waals surface area contributed by atoms with Crippen LogP contribution in [0.3, 0.4) is 0 Å². The van der Waals surface area contributed by atoms with Gasteiger partial charge in [0.2, 0.25) is 0 Å². The summed E-state index contributed by atoms with van der Waals surface area (Å²) in [4.78, 5) is 8.89. The van der Waals surface area contributed by atoms with Gasteiger partial charge in [-0.2, -0.15) is 0 Å². The zero-order valence-corrected chi connectivity index (χ0v) is 10.4. The van der Waals surface area contributed by atoms with Crippen molar-refractivity contribution in [2.24, 2.45) is 0 Å². The molecular formula is C13H18FN3O. The predicted octanol–water partition coefficient (Wildman–Crippen LogP) is 1.13. The van der Waals surface area contributed by atoms with Gasteiger partial charge in [-0.15, -0.1) is 0 Å². The standard InChI is InChI=1S/C13H18FN3O/c14-11-1-3-15-13(9-11)17-4-2-12(10-17)16-5-7-18-8-6-16/h1,3,9,12H,2,4-8,10H2/t12-/m0/s1. The van der Waals surface area contributed by atoms with E-state index in [9.17, 15) is 4.39 Å². The summed E-state index contributed by atoms with van der Waals surface area (Å²) in [7, 11) is 0. The van der Waals surface area contributed by atoms with Crippen LogP contribution in [0.5, 0.6) is 0 Å². The Balaban J connectivity index is 1.64. The Morgan fingerprint density at radius 1 is 1.28 bits per heavy atom. The van der Waals surface area contributed by atoms with E-state index >= 15 is 0 Å². The third kappa shape index (κ3) is 2.47. The minimum absolute atomic E-state index is 0.213. The molecule has 98 valence electrons. The average Bonchev–Trinajstić information content (AvgIpc) is 2.89. The summed E-state index contributed by atoms with van der Waals surface area (Å²) >= 11 is 0. The SMILES string of the molecule is Fc1ccnc(N2CC[C@H](N3CCOCC3)C2)c1. The van der Waals surface area contributed by atoms with Crippen molar-refractivity contribution in [3.8, 4) is 0 Å². The van der Waals surface area contributed by atoms with Crippen LogP contribution in [0.15, 0.2) is 18.3 Å². The van der Waals surface area contributed by atoms with E-state index in [2.05, 4.69) is 14.8 Å². The van der Waals surface area contributed by atoms with Crippen molar-refractivity contribution in [1.82, 2.24) is 9.88 Å². The van der Waals surface area contributed by atoms with Gasteiger partial charge >= 0.3 is 0 Å². The highest BCUT2D eigenvalue weighted by atomic mass is 19.1. The van der Waals surface area contributed by atoms with Crippen LogP contribution in [-0.4, -0.2) is 55.3 Å². The maximum Gasteiger partial charge on any atom is 0.131 e. The van der Waals surface area contributed by atoms with Crippen molar-refractivity contribution in [1.29, 1.82) is 0 Å². The van der Waals surface area contributed by atoms with Crippen LogP contribution in [0.25, 0.3) is 0 Å². The van der Waals surface area contributed by atoms with Crippen molar-refractivity contribution in [2.75, 3.05) is 44.3 Å². The lowest BCUT2D eigenvalue weighted by molar-refractivity contribution is 0.0209. The minimum atomic E-state index is -0.213. The predicted molar refractivity (Wildman–Crippen MR) is 67.2 cm³/mol. The summed E-state index contributed by atoms with van der Waals surface area (Å²) in [6.45, 7) is 5.57. The fraction of sp³-hybridized carbons (Fsp3) is 0.615. The van der Waals surface area contributed by atoms with E-state index in [1.165, 1.54) is 18.3 Å². The maximum absolute atomic E-state index is 13.2. The fourth-order valence-electron chi connectivity index (χ4n) is 2.76. The second-order valence-corrected chi connectivity index (χ2v) is 4.87. The van der Waals surface area contributed by atoms with E-state index in [1.54, 1.807) is 0 Å². The first-order valence-corrected chi connectivity index (χ1v) is 6.51. The quantitative estimate of drug-likeness (QED) is 0.788. The molecule has 0 spiro atoms. The summed E-state index contributed by atoms with van der Waals surface area (Å²) in [6, 6.07) is 3.46. The molecule has 2 aliphatic heterocycles. The Kier molecular flexibility index (Phi) is 3.43. The molecule has 0 N–H and O–H groups in total. The van der Waals surface area contributed by atoms with Gasteiger partial charge in [-0.25, -0.2) is 9.37 Å². The van der Waals surface area contributed by atoms with Gasteiger partial charge < -0.3 is 9.64 Å². The summed E-state index contributed by atoms with van der Waals surface area (Å²) in [5, 5.41) is 0. The molecule has 1 atom stereocenters. The highest BCUT2D eigenvalue weighted by Crippen LogP contribution is 2.22. The lowest BCUT2D eigenvalue weighted by Gasteiger charge is -2.32. The molecular weight excluding hydrogens is 233 g/mol. The molecule has 0 amide bonds. The van der Waals surface area contributed by atoms with Crippen molar-refractivity contribution >= 4 is 5.82 Å². The smallest absolute Gasteiger partial charge is 0.131 e. The minimum Gasteiger partial charge on any atom is -0.379 e. The first kappa shape index (κ1) is 11.9. The van der Waals surface area contributed by atoms with Gasteiger partial charge in [-0.05, 0) is 12.5 Å². The molecule has 5 heteroatoms. The first-order chi connectivity index (χ1) is 8.83. The van der Waals surface area contributed by atoms with Crippen LogP contribution in [0.1, 0.15) is 6.42 Å². The number of hydrogen-bond acceptors (Lipinski definition) is 4. The number of rotatable bonds is 2. The van der Waals surface area contributed by atoms with Crippen molar-refractivity contribution in [3.63, 3.8) is 0 Å². The molecule has 3 heterocycles. The largest absolute Gasteiger partial charge is 0.379 e. The molecule has 0 bridgehead atoms. The van der Waals surface area contributed by atoms with E-state index in [1.807, 2.05) is 0 Å². The molecule has 4 nitrogen and oxygen atoms in total. The van der Waals surface area contributed by atoms with Crippen LogP contribution < -0.4 is 4.90 Å². The lowest BCUT2D eigenvalue weighted by Crippen LogP contribution is -2.44. The third-order valence-electron chi connectivity index (χ3n) is 3.76. The Bertz CT molecular complexity index is 409. The van der Waals surface area contributed by atoms with E-state index in [4.69, 9.17) is 4.74 Å². The lowest BCUT2D eigenvalue weighted by atomic mass is 10.2. The molecule has 2 saturated heterocycles. The molecule has 2 fully saturated rings. The Morgan fingerprint density at radius 3 is 2.89 bits per heavy atom. The zero-order chi connectivity index (χ0) is 12.4. The molecule has 0 saturated carbocycles. The molecule has 0 radical (unpaired) electrons. The number of hydrogen-bond donors (Lipinski definition) is 0. The Morgan fingerprint density at radius 2 is 2.11 bits per heavy atom. The van der Waals surface area contributed by atoms with Gasteiger partial charge in [0.05, 0.1) is 13.2 Å². The summed E-state index contributed by atoms with van der Waals surface area (Å²) < 4.78 is 18.5. The number of ether oxygens (including phenoxy) is 1. The molecule has 0 unspecified atom stereocenters.